The second kappa shape index (κ2) is 3.87. The van der Waals surface area contributed by atoms with Crippen molar-refractivity contribution in [2.45, 2.75) is 18.9 Å². The van der Waals surface area contributed by atoms with Crippen LogP contribution in [0.1, 0.15) is 12.8 Å². The van der Waals surface area contributed by atoms with Gasteiger partial charge in [0.15, 0.2) is 0 Å². The van der Waals surface area contributed by atoms with Crippen molar-refractivity contribution < 1.29 is 9.47 Å². The highest BCUT2D eigenvalue weighted by Gasteiger charge is 2.15. The molecular formula is C8H11NO2S. The maximum atomic E-state index is 5.62. The molecule has 12 heavy (non-hydrogen) atoms. The van der Waals surface area contributed by atoms with Crippen molar-refractivity contribution in [3.8, 4) is 5.19 Å². The molecule has 0 N–H and O–H groups in total. The van der Waals surface area contributed by atoms with Gasteiger partial charge in [-0.1, -0.05) is 11.3 Å². The van der Waals surface area contributed by atoms with Gasteiger partial charge in [-0.05, 0) is 0 Å². The van der Waals surface area contributed by atoms with Gasteiger partial charge < -0.3 is 9.47 Å². The highest BCUT2D eigenvalue weighted by molar-refractivity contribution is 7.11. The molecule has 4 heteroatoms. The second-order valence-corrected chi connectivity index (χ2v) is 3.58. The highest BCUT2D eigenvalue weighted by atomic mass is 32.1. The molecule has 0 bridgehead atoms. The number of nitrogens with zero attached hydrogens (tertiary/aromatic N) is 1. The molecule has 0 amide bonds. The van der Waals surface area contributed by atoms with Gasteiger partial charge in [-0.3, -0.25) is 0 Å². The van der Waals surface area contributed by atoms with Crippen LogP contribution < -0.4 is 4.74 Å². The maximum Gasteiger partial charge on any atom is 0.273 e. The van der Waals surface area contributed by atoms with Gasteiger partial charge in [0.2, 0.25) is 0 Å². The minimum absolute atomic E-state index is 0.310. The van der Waals surface area contributed by atoms with Crippen molar-refractivity contribution in [3.63, 3.8) is 0 Å². The number of hydrogen-bond acceptors (Lipinski definition) is 4. The van der Waals surface area contributed by atoms with Crippen LogP contribution in [-0.4, -0.2) is 24.3 Å². The third-order valence-electron chi connectivity index (χ3n) is 1.85. The smallest absolute Gasteiger partial charge is 0.273 e. The monoisotopic (exact) mass is 185 g/mol. The van der Waals surface area contributed by atoms with Crippen molar-refractivity contribution in [1.29, 1.82) is 0 Å². The lowest BCUT2D eigenvalue weighted by atomic mass is 10.2. The fourth-order valence-corrected chi connectivity index (χ4v) is 1.76. The Morgan fingerprint density at radius 3 is 3.00 bits per heavy atom. The van der Waals surface area contributed by atoms with E-state index in [0.29, 0.717) is 6.10 Å². The van der Waals surface area contributed by atoms with Crippen LogP contribution in [0.5, 0.6) is 5.19 Å². The summed E-state index contributed by atoms with van der Waals surface area (Å²) in [6, 6.07) is 0. The van der Waals surface area contributed by atoms with E-state index in [2.05, 4.69) is 4.98 Å². The van der Waals surface area contributed by atoms with Gasteiger partial charge in [0.05, 0.1) is 13.2 Å². The highest BCUT2D eigenvalue weighted by Crippen LogP contribution is 2.19. The van der Waals surface area contributed by atoms with Crippen LogP contribution >= 0.6 is 11.3 Å². The Balaban J connectivity index is 1.86. The molecule has 1 saturated heterocycles. The maximum absolute atomic E-state index is 5.62. The molecule has 0 unspecified atom stereocenters. The molecule has 2 rings (SSSR count). The summed E-state index contributed by atoms with van der Waals surface area (Å²) in [6.45, 7) is 1.63. The molecular weight excluding hydrogens is 174 g/mol. The van der Waals surface area contributed by atoms with Crippen molar-refractivity contribution in [2.75, 3.05) is 13.2 Å². The number of aromatic nitrogens is 1. The van der Waals surface area contributed by atoms with Crippen molar-refractivity contribution >= 4 is 11.3 Å². The Bertz CT molecular complexity index is 219. The topological polar surface area (TPSA) is 31.4 Å². The summed E-state index contributed by atoms with van der Waals surface area (Å²) in [6.07, 6.45) is 4.04. The van der Waals surface area contributed by atoms with E-state index in [1.165, 1.54) is 0 Å². The predicted molar refractivity (Wildman–Crippen MR) is 46.6 cm³/mol. The van der Waals surface area contributed by atoms with Gasteiger partial charge in [0, 0.05) is 24.4 Å². The number of rotatable bonds is 2. The number of ether oxygens (including phenoxy) is 2. The van der Waals surface area contributed by atoms with Crippen LogP contribution in [0, 0.1) is 0 Å². The summed E-state index contributed by atoms with van der Waals surface area (Å²) in [7, 11) is 0. The first-order valence-electron chi connectivity index (χ1n) is 4.09. The minimum Gasteiger partial charge on any atom is -0.467 e. The molecule has 0 radical (unpaired) electrons. The molecule has 0 aromatic carbocycles. The van der Waals surface area contributed by atoms with Crippen molar-refractivity contribution in [2.24, 2.45) is 0 Å². The van der Waals surface area contributed by atoms with Crippen molar-refractivity contribution in [3.05, 3.63) is 11.6 Å². The lowest BCUT2D eigenvalue weighted by Crippen LogP contribution is -2.25. The zero-order valence-corrected chi connectivity index (χ0v) is 7.55. The average molecular weight is 185 g/mol. The van der Waals surface area contributed by atoms with E-state index in [0.717, 1.165) is 31.2 Å². The molecule has 1 aliphatic heterocycles. The summed E-state index contributed by atoms with van der Waals surface area (Å²) in [5.41, 5.74) is 0. The molecule has 1 aliphatic rings. The fraction of sp³-hybridized carbons (Fsp3) is 0.625. The quantitative estimate of drug-likeness (QED) is 0.702. The van der Waals surface area contributed by atoms with Crippen LogP contribution in [0.4, 0.5) is 0 Å². The van der Waals surface area contributed by atoms with Gasteiger partial charge in [0.25, 0.3) is 5.19 Å². The number of thiazole rings is 1. The Morgan fingerprint density at radius 1 is 1.50 bits per heavy atom. The van der Waals surface area contributed by atoms with Gasteiger partial charge in [-0.15, -0.1) is 0 Å². The van der Waals surface area contributed by atoms with Gasteiger partial charge in [-0.25, -0.2) is 4.98 Å². The standard InChI is InChI=1S/C8H11NO2S/c1-4-10-5-2-7(1)11-8-9-3-6-12-8/h3,6-7H,1-2,4-5H2. The first-order chi connectivity index (χ1) is 5.95. The third kappa shape index (κ3) is 1.95. The zero-order valence-electron chi connectivity index (χ0n) is 6.73. The van der Waals surface area contributed by atoms with Crippen LogP contribution in [0.25, 0.3) is 0 Å². The molecule has 3 nitrogen and oxygen atoms in total. The normalized spacial score (nSPS) is 19.3. The molecule has 0 saturated carbocycles. The minimum atomic E-state index is 0.310. The molecule has 1 aromatic heterocycles. The summed E-state index contributed by atoms with van der Waals surface area (Å²) in [5, 5.41) is 2.70. The Hall–Kier alpha value is -0.610. The Labute approximate surface area is 75.3 Å². The predicted octanol–water partition coefficient (Wildman–Crippen LogP) is 1.70. The summed E-state index contributed by atoms with van der Waals surface area (Å²) < 4.78 is 10.8. The molecule has 0 aliphatic carbocycles. The van der Waals surface area contributed by atoms with Crippen LogP contribution in [0.3, 0.4) is 0 Å². The molecule has 1 aromatic rings. The molecule has 0 atom stereocenters. The Kier molecular flexibility index (Phi) is 2.58. The SMILES string of the molecule is c1csc(OC2CCOCC2)n1. The van der Waals surface area contributed by atoms with Crippen LogP contribution in [-0.2, 0) is 4.74 Å². The lowest BCUT2D eigenvalue weighted by molar-refractivity contribution is 0.0255. The average Bonchev–Trinajstić information content (AvgIpc) is 2.59. The zero-order chi connectivity index (χ0) is 8.23. The van der Waals surface area contributed by atoms with E-state index in [4.69, 9.17) is 9.47 Å². The first kappa shape index (κ1) is 8.01. The first-order valence-corrected chi connectivity index (χ1v) is 4.97. The summed E-state index contributed by atoms with van der Waals surface area (Å²) in [5.74, 6) is 0. The second-order valence-electron chi connectivity index (χ2n) is 2.73. The van der Waals surface area contributed by atoms with Crippen LogP contribution in [0.2, 0.25) is 0 Å². The lowest BCUT2D eigenvalue weighted by Gasteiger charge is -2.21. The van der Waals surface area contributed by atoms with Crippen LogP contribution in [0.15, 0.2) is 11.6 Å². The van der Waals surface area contributed by atoms with Crippen molar-refractivity contribution in [1.82, 2.24) is 4.98 Å². The molecule has 0 spiro atoms. The largest absolute Gasteiger partial charge is 0.467 e. The molecule has 2 heterocycles. The van der Waals surface area contributed by atoms with E-state index in [1.54, 1.807) is 17.5 Å². The van der Waals surface area contributed by atoms with E-state index < -0.39 is 0 Å². The summed E-state index contributed by atoms with van der Waals surface area (Å²) in [4.78, 5) is 4.07. The van der Waals surface area contributed by atoms with Gasteiger partial charge in [-0.2, -0.15) is 0 Å². The fourth-order valence-electron chi connectivity index (χ4n) is 1.20. The van der Waals surface area contributed by atoms with E-state index in [1.807, 2.05) is 5.38 Å². The van der Waals surface area contributed by atoms with Gasteiger partial charge >= 0.3 is 0 Å². The van der Waals surface area contributed by atoms with E-state index in [-0.39, 0.29) is 0 Å². The molecule has 1 fully saturated rings. The van der Waals surface area contributed by atoms with Gasteiger partial charge in [0.1, 0.15) is 6.10 Å². The van der Waals surface area contributed by atoms with E-state index in [9.17, 15) is 0 Å². The third-order valence-corrected chi connectivity index (χ3v) is 2.51. The molecule has 66 valence electrons. The van der Waals surface area contributed by atoms with E-state index >= 15 is 0 Å². The summed E-state index contributed by atoms with van der Waals surface area (Å²) >= 11 is 1.54. The Morgan fingerprint density at radius 2 is 2.33 bits per heavy atom. The number of hydrogen-bond donors (Lipinski definition) is 0.